The smallest absolute Gasteiger partial charge is 0.303 e. The Morgan fingerprint density at radius 2 is 1.88 bits per heavy atom. The molecule has 0 saturated carbocycles. The zero-order valence-electron chi connectivity index (χ0n) is 18.0. The van der Waals surface area contributed by atoms with Gasteiger partial charge in [-0.25, -0.2) is 4.98 Å². The van der Waals surface area contributed by atoms with Gasteiger partial charge in [-0.15, -0.1) is 11.3 Å². The van der Waals surface area contributed by atoms with Crippen molar-refractivity contribution in [3.8, 4) is 11.3 Å². The van der Waals surface area contributed by atoms with Crippen molar-refractivity contribution < 1.29 is 19.1 Å². The molecule has 3 aromatic rings. The highest BCUT2D eigenvalue weighted by molar-refractivity contribution is 7.16. The van der Waals surface area contributed by atoms with Gasteiger partial charge in [0.2, 0.25) is 12.0 Å². The molecular formula is C24H23N3O4S. The number of fused-ring (bicyclic) bond motifs is 1. The summed E-state index contributed by atoms with van der Waals surface area (Å²) in [6.45, 7) is 5.47. The topological polar surface area (TPSA) is 88.6 Å². The molecule has 0 fully saturated rings. The van der Waals surface area contributed by atoms with Crippen molar-refractivity contribution in [1.29, 1.82) is 0 Å². The fourth-order valence-corrected chi connectivity index (χ4v) is 4.67. The highest BCUT2D eigenvalue weighted by Crippen LogP contribution is 2.36. The molecule has 7 nitrogen and oxygen atoms in total. The number of carbonyl (C=O) groups is 3. The van der Waals surface area contributed by atoms with Crippen molar-refractivity contribution in [3.05, 3.63) is 64.5 Å². The third kappa shape index (κ3) is 4.40. The summed E-state index contributed by atoms with van der Waals surface area (Å²) in [6, 6.07) is 14.8. The van der Waals surface area contributed by atoms with Gasteiger partial charge >= 0.3 is 5.97 Å². The van der Waals surface area contributed by atoms with E-state index in [-0.39, 0.29) is 5.91 Å². The number of amides is 2. The van der Waals surface area contributed by atoms with Crippen LogP contribution in [0, 0.1) is 6.92 Å². The summed E-state index contributed by atoms with van der Waals surface area (Å²) in [5.74, 6) is -0.965. The van der Waals surface area contributed by atoms with Gasteiger partial charge in [0.25, 0.3) is 5.91 Å². The summed E-state index contributed by atoms with van der Waals surface area (Å²) in [6.07, 6.45) is -0.254. The van der Waals surface area contributed by atoms with Gasteiger partial charge in [-0.2, -0.15) is 0 Å². The van der Waals surface area contributed by atoms with E-state index < -0.39 is 18.0 Å². The van der Waals surface area contributed by atoms with Gasteiger partial charge in [0.15, 0.2) is 5.13 Å². The molecule has 0 unspecified atom stereocenters. The number of carbonyl (C=O) groups excluding carboxylic acids is 3. The lowest BCUT2D eigenvalue weighted by molar-refractivity contribution is -0.152. The quantitative estimate of drug-likeness (QED) is 0.588. The minimum atomic E-state index is -1.06. The molecule has 1 N–H and O–H groups in total. The SMILES string of the molecule is CC(=O)O[C@@H](C(=O)Nc1nc(-c2ccc3c(c2)CCN3C(C)=O)c(C)s1)c1ccccc1. The second-order valence-electron chi connectivity index (χ2n) is 7.58. The lowest BCUT2D eigenvalue weighted by Crippen LogP contribution is -2.25. The van der Waals surface area contributed by atoms with E-state index in [9.17, 15) is 14.4 Å². The predicted molar refractivity (Wildman–Crippen MR) is 124 cm³/mol. The number of ether oxygens (including phenoxy) is 1. The molecule has 1 aromatic heterocycles. The first kappa shape index (κ1) is 21.7. The summed E-state index contributed by atoms with van der Waals surface area (Å²) < 4.78 is 5.27. The third-order valence-corrected chi connectivity index (χ3v) is 6.17. The number of nitrogens with zero attached hydrogens (tertiary/aromatic N) is 2. The summed E-state index contributed by atoms with van der Waals surface area (Å²) in [5, 5.41) is 3.22. The van der Waals surface area contributed by atoms with Crippen molar-refractivity contribution in [2.45, 2.75) is 33.3 Å². The Hall–Kier alpha value is -3.52. The van der Waals surface area contributed by atoms with Crippen LogP contribution in [-0.4, -0.2) is 29.3 Å². The van der Waals surface area contributed by atoms with Crippen LogP contribution < -0.4 is 10.2 Å². The number of anilines is 2. The van der Waals surface area contributed by atoms with E-state index in [0.717, 1.165) is 33.8 Å². The normalized spacial score (nSPS) is 13.4. The van der Waals surface area contributed by atoms with Gasteiger partial charge in [-0.05, 0) is 31.0 Å². The van der Waals surface area contributed by atoms with Gasteiger partial charge in [0, 0.05) is 42.1 Å². The van der Waals surface area contributed by atoms with Crippen LogP contribution in [0.2, 0.25) is 0 Å². The maximum atomic E-state index is 12.9. The number of hydrogen-bond donors (Lipinski definition) is 1. The van der Waals surface area contributed by atoms with E-state index in [2.05, 4.69) is 16.4 Å². The Morgan fingerprint density at radius 3 is 2.56 bits per heavy atom. The largest absolute Gasteiger partial charge is 0.447 e. The monoisotopic (exact) mass is 449 g/mol. The standard InChI is InChI=1S/C24H23N3O4S/c1-14-21(19-9-10-20-18(13-19)11-12-27(20)15(2)28)25-24(32-14)26-23(30)22(31-16(3)29)17-7-5-4-6-8-17/h4-10,13,22H,11-12H2,1-3H3,(H,25,26,30)/t22-/m1/s1. The van der Waals surface area contributed by atoms with Gasteiger partial charge in [0.1, 0.15) is 0 Å². The molecule has 0 bridgehead atoms. The van der Waals surface area contributed by atoms with Crippen molar-refractivity contribution in [1.82, 2.24) is 4.98 Å². The highest BCUT2D eigenvalue weighted by atomic mass is 32.1. The van der Waals surface area contributed by atoms with E-state index in [1.54, 1.807) is 36.1 Å². The first-order valence-electron chi connectivity index (χ1n) is 10.3. The number of aryl methyl sites for hydroxylation is 1. The molecule has 0 spiro atoms. The van der Waals surface area contributed by atoms with Gasteiger partial charge in [0.05, 0.1) is 5.69 Å². The summed E-state index contributed by atoms with van der Waals surface area (Å²) >= 11 is 1.36. The second-order valence-corrected chi connectivity index (χ2v) is 8.78. The molecule has 1 aliphatic rings. The van der Waals surface area contributed by atoms with Crippen molar-refractivity contribution >= 4 is 39.9 Å². The van der Waals surface area contributed by atoms with E-state index in [1.807, 2.05) is 25.1 Å². The van der Waals surface area contributed by atoms with Gasteiger partial charge < -0.3 is 9.64 Å². The first-order chi connectivity index (χ1) is 15.3. The fraction of sp³-hybridized carbons (Fsp3) is 0.250. The number of nitrogens with one attached hydrogen (secondary N) is 1. The van der Waals surface area contributed by atoms with E-state index in [0.29, 0.717) is 17.2 Å². The van der Waals surface area contributed by atoms with E-state index in [1.165, 1.54) is 18.3 Å². The number of thiazole rings is 1. The van der Waals surface area contributed by atoms with Crippen LogP contribution in [0.5, 0.6) is 0 Å². The van der Waals surface area contributed by atoms with Crippen LogP contribution in [-0.2, 0) is 25.5 Å². The highest BCUT2D eigenvalue weighted by Gasteiger charge is 2.26. The molecule has 0 saturated heterocycles. The summed E-state index contributed by atoms with van der Waals surface area (Å²) in [5.41, 5.74) is 4.34. The van der Waals surface area contributed by atoms with Crippen LogP contribution in [0.25, 0.3) is 11.3 Å². The molecule has 1 aliphatic heterocycles. The lowest BCUT2D eigenvalue weighted by atomic mass is 10.1. The first-order valence-corrected chi connectivity index (χ1v) is 11.1. The molecule has 32 heavy (non-hydrogen) atoms. The number of aromatic nitrogens is 1. The predicted octanol–water partition coefficient (Wildman–Crippen LogP) is 4.27. The Balaban J connectivity index is 1.57. The van der Waals surface area contributed by atoms with Crippen LogP contribution >= 0.6 is 11.3 Å². The Labute approximate surface area is 190 Å². The Kier molecular flexibility index (Phi) is 6.05. The summed E-state index contributed by atoms with van der Waals surface area (Å²) in [4.78, 5) is 43.6. The van der Waals surface area contributed by atoms with Crippen LogP contribution in [0.1, 0.15) is 36.0 Å². The molecular weight excluding hydrogens is 426 g/mol. The molecule has 0 radical (unpaired) electrons. The fourth-order valence-electron chi connectivity index (χ4n) is 3.83. The third-order valence-electron chi connectivity index (χ3n) is 5.28. The molecule has 8 heteroatoms. The maximum Gasteiger partial charge on any atom is 0.303 e. The number of esters is 1. The average Bonchev–Trinajstić information content (AvgIpc) is 3.35. The molecule has 2 aromatic carbocycles. The van der Waals surface area contributed by atoms with Crippen molar-refractivity contribution in [3.63, 3.8) is 0 Å². The van der Waals surface area contributed by atoms with Gasteiger partial charge in [-0.1, -0.05) is 36.4 Å². The molecule has 2 heterocycles. The van der Waals surface area contributed by atoms with Crippen molar-refractivity contribution in [2.75, 3.05) is 16.8 Å². The zero-order valence-corrected chi connectivity index (χ0v) is 18.9. The van der Waals surface area contributed by atoms with Crippen molar-refractivity contribution in [2.24, 2.45) is 0 Å². The van der Waals surface area contributed by atoms with E-state index in [4.69, 9.17) is 4.74 Å². The molecule has 2 amide bonds. The lowest BCUT2D eigenvalue weighted by Gasteiger charge is -2.16. The molecule has 0 aliphatic carbocycles. The van der Waals surface area contributed by atoms with Crippen LogP contribution in [0.4, 0.5) is 10.8 Å². The average molecular weight is 450 g/mol. The van der Waals surface area contributed by atoms with Gasteiger partial charge in [-0.3, -0.25) is 19.7 Å². The maximum absolute atomic E-state index is 12.9. The number of hydrogen-bond acceptors (Lipinski definition) is 6. The summed E-state index contributed by atoms with van der Waals surface area (Å²) in [7, 11) is 0. The van der Waals surface area contributed by atoms with E-state index >= 15 is 0 Å². The Bertz CT molecular complexity index is 1190. The van der Waals surface area contributed by atoms with Crippen LogP contribution in [0.3, 0.4) is 0 Å². The van der Waals surface area contributed by atoms with Crippen LogP contribution in [0.15, 0.2) is 48.5 Å². The molecule has 4 rings (SSSR count). The molecule has 164 valence electrons. The zero-order chi connectivity index (χ0) is 22.8. The molecule has 1 atom stereocenters. The second kappa shape index (κ2) is 8.92. The minimum Gasteiger partial charge on any atom is -0.447 e. The number of rotatable bonds is 5. The number of benzene rings is 2. The Morgan fingerprint density at radius 1 is 1.12 bits per heavy atom. The minimum absolute atomic E-state index is 0.0343.